The first-order valence-corrected chi connectivity index (χ1v) is 10.7. The summed E-state index contributed by atoms with van der Waals surface area (Å²) in [6.45, 7) is 0. The van der Waals surface area contributed by atoms with Gasteiger partial charge in [0, 0.05) is 28.2 Å². The van der Waals surface area contributed by atoms with Crippen LogP contribution in [0.5, 0.6) is 0 Å². The normalized spacial score (nSPS) is 16.1. The van der Waals surface area contributed by atoms with E-state index in [0.29, 0.717) is 11.9 Å². The van der Waals surface area contributed by atoms with E-state index in [-0.39, 0.29) is 0 Å². The molecule has 0 radical (unpaired) electrons. The van der Waals surface area contributed by atoms with Crippen molar-refractivity contribution in [1.82, 2.24) is 35.2 Å². The molecule has 1 fully saturated rings. The minimum absolute atomic E-state index is 0.436. The smallest absolute Gasteiger partial charge is 0.215 e. The van der Waals surface area contributed by atoms with E-state index in [4.69, 9.17) is 9.97 Å². The van der Waals surface area contributed by atoms with Gasteiger partial charge in [-0.15, -0.1) is 16.4 Å². The van der Waals surface area contributed by atoms with Crippen molar-refractivity contribution in [3.8, 4) is 11.4 Å². The minimum Gasteiger partial charge on any atom is -0.264 e. The summed E-state index contributed by atoms with van der Waals surface area (Å²) in [5.74, 6) is 0.712. The van der Waals surface area contributed by atoms with Crippen LogP contribution in [0.25, 0.3) is 21.6 Å². The summed E-state index contributed by atoms with van der Waals surface area (Å²) in [4.78, 5) is 16.5. The molecule has 7 nitrogen and oxygen atoms in total. The second-order valence-electron chi connectivity index (χ2n) is 6.87. The van der Waals surface area contributed by atoms with Gasteiger partial charge in [0.15, 0.2) is 5.82 Å². The lowest BCUT2D eigenvalue weighted by atomic mass is 10.2. The number of tetrazole rings is 1. The highest BCUT2D eigenvalue weighted by Gasteiger charge is 2.29. The van der Waals surface area contributed by atoms with Crippen LogP contribution in [0.1, 0.15) is 35.7 Å². The van der Waals surface area contributed by atoms with Gasteiger partial charge < -0.3 is 0 Å². The van der Waals surface area contributed by atoms with Gasteiger partial charge in [-0.25, -0.2) is 14.6 Å². The molecule has 0 bridgehead atoms. The van der Waals surface area contributed by atoms with Crippen LogP contribution >= 0.6 is 23.1 Å². The number of thiophene rings is 1. The summed E-state index contributed by atoms with van der Waals surface area (Å²) in [6.07, 6.45) is 9.32. The van der Waals surface area contributed by atoms with Crippen molar-refractivity contribution in [3.05, 3.63) is 35.0 Å². The first kappa shape index (κ1) is 15.6. The number of hydrogen-bond donors (Lipinski definition) is 0. The van der Waals surface area contributed by atoms with Gasteiger partial charge in [0.1, 0.15) is 9.86 Å². The van der Waals surface area contributed by atoms with E-state index in [2.05, 4.69) is 20.5 Å². The molecule has 0 unspecified atom stereocenters. The molecule has 0 spiro atoms. The maximum atomic E-state index is 4.93. The fourth-order valence-electron chi connectivity index (χ4n) is 3.55. The highest BCUT2D eigenvalue weighted by molar-refractivity contribution is 7.99. The molecule has 0 N–H and O–H groups in total. The van der Waals surface area contributed by atoms with Crippen LogP contribution < -0.4 is 0 Å². The molecule has 0 aliphatic heterocycles. The Balaban J connectivity index is 1.53. The molecule has 9 heteroatoms. The third-order valence-electron chi connectivity index (χ3n) is 4.99. The van der Waals surface area contributed by atoms with Crippen LogP contribution in [0.15, 0.2) is 34.7 Å². The number of aryl methyl sites for hydroxylation is 2. The van der Waals surface area contributed by atoms with Crippen molar-refractivity contribution >= 4 is 33.3 Å². The van der Waals surface area contributed by atoms with Gasteiger partial charge in [0.2, 0.25) is 5.16 Å². The lowest BCUT2D eigenvalue weighted by Gasteiger charge is -2.07. The Morgan fingerprint density at radius 2 is 2.15 bits per heavy atom. The third-order valence-corrected chi connectivity index (χ3v) is 7.12. The Morgan fingerprint density at radius 3 is 3.00 bits per heavy atom. The van der Waals surface area contributed by atoms with E-state index in [0.717, 1.165) is 46.3 Å². The Kier molecular flexibility index (Phi) is 3.51. The van der Waals surface area contributed by atoms with E-state index in [1.54, 1.807) is 29.3 Å². The van der Waals surface area contributed by atoms with Crippen molar-refractivity contribution in [3.63, 3.8) is 0 Å². The molecule has 4 aromatic rings. The van der Waals surface area contributed by atoms with Gasteiger partial charge in [-0.2, -0.15) is 0 Å². The summed E-state index contributed by atoms with van der Waals surface area (Å²) in [5, 5.41) is 15.3. The number of fused-ring (bicyclic) bond motifs is 3. The summed E-state index contributed by atoms with van der Waals surface area (Å²) >= 11 is 3.36. The topological polar surface area (TPSA) is 82.3 Å². The van der Waals surface area contributed by atoms with Gasteiger partial charge in [-0.05, 0) is 72.0 Å². The maximum absolute atomic E-state index is 4.93. The van der Waals surface area contributed by atoms with E-state index < -0.39 is 0 Å². The lowest BCUT2D eigenvalue weighted by molar-refractivity contribution is 0.565. The highest BCUT2D eigenvalue weighted by atomic mass is 32.2. The first-order chi connectivity index (χ1) is 13.4. The molecular weight excluding hydrogens is 378 g/mol. The van der Waals surface area contributed by atoms with Gasteiger partial charge in [-0.1, -0.05) is 0 Å². The average molecular weight is 394 g/mol. The molecule has 1 saturated carbocycles. The molecule has 4 aromatic heterocycles. The molecule has 2 aliphatic rings. The third kappa shape index (κ3) is 2.64. The monoisotopic (exact) mass is 393 g/mol. The van der Waals surface area contributed by atoms with Gasteiger partial charge >= 0.3 is 0 Å². The Labute approximate surface area is 163 Å². The van der Waals surface area contributed by atoms with E-state index in [1.165, 1.54) is 22.2 Å². The Morgan fingerprint density at radius 1 is 1.19 bits per heavy atom. The standard InChI is InChI=1S/C18H15N7S2/c1-4-12-13(5-1)26-16-14(12)17(21-15(20-16)10-3-2-8-19-9-10)27-18-22-23-24-25(18)11-6-7-11/h2-3,8-9,11H,1,4-7H2. The number of hydrogen-bond acceptors (Lipinski definition) is 8. The molecule has 134 valence electrons. The summed E-state index contributed by atoms with van der Waals surface area (Å²) in [7, 11) is 0. The van der Waals surface area contributed by atoms with Crippen molar-refractivity contribution in [1.29, 1.82) is 0 Å². The fourth-order valence-corrected chi connectivity index (χ4v) is 5.86. The number of rotatable bonds is 4. The zero-order chi connectivity index (χ0) is 17.8. The van der Waals surface area contributed by atoms with Gasteiger partial charge in [0.25, 0.3) is 0 Å². The van der Waals surface area contributed by atoms with Gasteiger partial charge in [-0.3, -0.25) is 4.98 Å². The highest BCUT2D eigenvalue weighted by Crippen LogP contribution is 2.44. The molecule has 27 heavy (non-hydrogen) atoms. The first-order valence-electron chi connectivity index (χ1n) is 9.05. The Hall–Kier alpha value is -2.39. The van der Waals surface area contributed by atoms with Crippen molar-refractivity contribution < 1.29 is 0 Å². The summed E-state index contributed by atoms with van der Waals surface area (Å²) < 4.78 is 1.94. The molecule has 0 amide bonds. The van der Waals surface area contributed by atoms with Crippen LogP contribution in [-0.4, -0.2) is 35.2 Å². The zero-order valence-corrected chi connectivity index (χ0v) is 16.0. The molecule has 0 atom stereocenters. The lowest BCUT2D eigenvalue weighted by Crippen LogP contribution is -2.00. The molecule has 6 rings (SSSR count). The molecular formula is C18H15N7S2. The quantitative estimate of drug-likeness (QED) is 0.489. The van der Waals surface area contributed by atoms with Crippen molar-refractivity contribution in [2.75, 3.05) is 0 Å². The SMILES string of the molecule is c1cncc(-c2nc(Sc3nnnn3C3CC3)c3c4c(sc3n2)CCC4)c1. The van der Waals surface area contributed by atoms with Gasteiger partial charge in [0.05, 0.1) is 6.04 Å². The van der Waals surface area contributed by atoms with Crippen LogP contribution in [0.4, 0.5) is 0 Å². The van der Waals surface area contributed by atoms with Crippen LogP contribution in [-0.2, 0) is 12.8 Å². The van der Waals surface area contributed by atoms with E-state index in [1.807, 2.05) is 23.0 Å². The summed E-state index contributed by atoms with van der Waals surface area (Å²) in [6, 6.07) is 4.35. The molecule has 2 aliphatic carbocycles. The van der Waals surface area contributed by atoms with Crippen LogP contribution in [0.3, 0.4) is 0 Å². The zero-order valence-electron chi connectivity index (χ0n) is 14.4. The van der Waals surface area contributed by atoms with E-state index >= 15 is 0 Å². The minimum atomic E-state index is 0.436. The van der Waals surface area contributed by atoms with Crippen molar-refractivity contribution in [2.45, 2.75) is 48.3 Å². The fraction of sp³-hybridized carbons (Fsp3) is 0.333. The van der Waals surface area contributed by atoms with Crippen molar-refractivity contribution in [2.24, 2.45) is 0 Å². The largest absolute Gasteiger partial charge is 0.264 e. The maximum Gasteiger partial charge on any atom is 0.215 e. The van der Waals surface area contributed by atoms with Crippen LogP contribution in [0.2, 0.25) is 0 Å². The second-order valence-corrected chi connectivity index (χ2v) is 8.91. The van der Waals surface area contributed by atoms with Crippen LogP contribution in [0, 0.1) is 0 Å². The second kappa shape index (κ2) is 6.07. The van der Waals surface area contributed by atoms with E-state index in [9.17, 15) is 0 Å². The number of pyridine rings is 1. The molecule has 0 saturated heterocycles. The predicted octanol–water partition coefficient (Wildman–Crippen LogP) is 3.71. The molecule has 4 heterocycles. The average Bonchev–Trinajstić information content (AvgIpc) is 3.10. The number of nitrogens with zero attached hydrogens (tertiary/aromatic N) is 7. The number of aromatic nitrogens is 7. The Bertz CT molecular complexity index is 1150. The predicted molar refractivity (Wildman–Crippen MR) is 103 cm³/mol. The molecule has 0 aromatic carbocycles. The summed E-state index contributed by atoms with van der Waals surface area (Å²) in [5.41, 5.74) is 2.34.